The van der Waals surface area contributed by atoms with Crippen molar-refractivity contribution in [1.29, 1.82) is 0 Å². The second-order valence-electron chi connectivity index (χ2n) is 10.6. The maximum absolute atomic E-state index is 13.7. The Morgan fingerprint density at radius 1 is 0.867 bits per heavy atom. The summed E-state index contributed by atoms with van der Waals surface area (Å²) in [5.74, 6) is -2.59. The highest BCUT2D eigenvalue weighted by atomic mass is 32.2. The number of aromatic amines is 1. The van der Waals surface area contributed by atoms with E-state index in [1.165, 1.54) is 11.8 Å². The molecule has 0 bridgehead atoms. The SMILES string of the molecule is CSCCC(NC(=O)C(Cc1c[nH]c2ccccc12)NC(=O)C(CCCN=C(N)N)NC(=O)C(N)Cc1ccccc1)C(=O)O. The van der Waals surface area contributed by atoms with Crippen LogP contribution in [-0.4, -0.2) is 82.5 Å². The Kier molecular flexibility index (Phi) is 13.7. The number of carboxylic acids is 1. The first-order valence-electron chi connectivity index (χ1n) is 14.6. The Balaban J connectivity index is 1.83. The molecule has 13 nitrogen and oxygen atoms in total. The summed E-state index contributed by atoms with van der Waals surface area (Å²) in [7, 11) is 0. The summed E-state index contributed by atoms with van der Waals surface area (Å²) in [4.78, 5) is 59.4. The fourth-order valence-electron chi connectivity index (χ4n) is 4.78. The first-order chi connectivity index (χ1) is 21.6. The first-order valence-corrected chi connectivity index (χ1v) is 16.0. The molecule has 14 heteroatoms. The Morgan fingerprint density at radius 2 is 1.51 bits per heavy atom. The summed E-state index contributed by atoms with van der Waals surface area (Å²) >= 11 is 1.46. The second-order valence-corrected chi connectivity index (χ2v) is 11.6. The number of benzene rings is 2. The molecule has 0 aliphatic heterocycles. The number of hydrogen-bond acceptors (Lipinski definition) is 7. The minimum atomic E-state index is -1.17. The molecule has 4 unspecified atom stereocenters. The summed E-state index contributed by atoms with van der Waals surface area (Å²) in [6.45, 7) is 0.215. The van der Waals surface area contributed by atoms with Crippen LogP contribution in [0.5, 0.6) is 0 Å². The predicted molar refractivity (Wildman–Crippen MR) is 176 cm³/mol. The van der Waals surface area contributed by atoms with E-state index in [1.807, 2.05) is 60.9 Å². The third kappa shape index (κ3) is 11.1. The van der Waals surface area contributed by atoms with E-state index >= 15 is 0 Å². The average molecular weight is 639 g/mol. The van der Waals surface area contributed by atoms with E-state index < -0.39 is 47.9 Å². The van der Waals surface area contributed by atoms with Crippen LogP contribution >= 0.6 is 11.8 Å². The van der Waals surface area contributed by atoms with Gasteiger partial charge in [0.2, 0.25) is 17.7 Å². The number of carbonyl (C=O) groups excluding carboxylic acids is 3. The number of nitrogens with zero attached hydrogens (tertiary/aromatic N) is 1. The lowest BCUT2D eigenvalue weighted by Gasteiger charge is -2.25. The molecule has 3 aromatic rings. The van der Waals surface area contributed by atoms with E-state index in [-0.39, 0.29) is 38.2 Å². The van der Waals surface area contributed by atoms with Crippen molar-refractivity contribution in [2.45, 2.75) is 56.3 Å². The van der Waals surface area contributed by atoms with Crippen LogP contribution in [-0.2, 0) is 32.0 Å². The van der Waals surface area contributed by atoms with Crippen molar-refractivity contribution in [2.24, 2.45) is 22.2 Å². The number of aliphatic carboxylic acids is 1. The molecule has 242 valence electrons. The number of H-pyrrole nitrogens is 1. The lowest BCUT2D eigenvalue weighted by molar-refractivity contribution is -0.142. The number of hydrogen-bond donors (Lipinski definition) is 8. The van der Waals surface area contributed by atoms with Crippen molar-refractivity contribution in [3.05, 3.63) is 71.9 Å². The molecule has 0 spiro atoms. The van der Waals surface area contributed by atoms with Gasteiger partial charge in [-0.1, -0.05) is 48.5 Å². The molecule has 0 aliphatic rings. The van der Waals surface area contributed by atoms with Gasteiger partial charge in [0.25, 0.3) is 0 Å². The number of fused-ring (bicyclic) bond motifs is 1. The monoisotopic (exact) mass is 638 g/mol. The zero-order valence-electron chi connectivity index (χ0n) is 25.2. The van der Waals surface area contributed by atoms with Crippen molar-refractivity contribution >= 4 is 52.3 Å². The van der Waals surface area contributed by atoms with Crippen LogP contribution in [0.15, 0.2) is 65.8 Å². The maximum atomic E-state index is 13.7. The molecule has 11 N–H and O–H groups in total. The van der Waals surface area contributed by atoms with Crippen LogP contribution in [0, 0.1) is 0 Å². The zero-order valence-corrected chi connectivity index (χ0v) is 26.0. The number of para-hydroxylation sites is 1. The highest BCUT2D eigenvalue weighted by Crippen LogP contribution is 2.19. The molecule has 2 aromatic carbocycles. The maximum Gasteiger partial charge on any atom is 0.326 e. The van der Waals surface area contributed by atoms with Gasteiger partial charge in [0.15, 0.2) is 5.96 Å². The molecule has 45 heavy (non-hydrogen) atoms. The van der Waals surface area contributed by atoms with Crippen molar-refractivity contribution < 1.29 is 24.3 Å². The Bertz CT molecular complexity index is 1460. The van der Waals surface area contributed by atoms with Gasteiger partial charge in [-0.2, -0.15) is 11.8 Å². The number of carboxylic acid groups (broad SMARTS) is 1. The number of nitrogens with two attached hydrogens (primary N) is 3. The van der Waals surface area contributed by atoms with Crippen LogP contribution < -0.4 is 33.2 Å². The van der Waals surface area contributed by atoms with E-state index in [4.69, 9.17) is 17.2 Å². The van der Waals surface area contributed by atoms with Crippen LogP contribution in [0.4, 0.5) is 0 Å². The van der Waals surface area contributed by atoms with Crippen LogP contribution in [0.2, 0.25) is 0 Å². The van der Waals surface area contributed by atoms with Gasteiger partial charge in [-0.05, 0) is 54.9 Å². The third-order valence-corrected chi connectivity index (χ3v) is 7.81. The summed E-state index contributed by atoms with van der Waals surface area (Å²) < 4.78 is 0. The van der Waals surface area contributed by atoms with Crippen LogP contribution in [0.25, 0.3) is 10.9 Å². The van der Waals surface area contributed by atoms with Crippen molar-refractivity contribution in [2.75, 3.05) is 18.6 Å². The Hall–Kier alpha value is -4.56. The molecular formula is C31H42N8O5S. The Labute approximate surface area is 266 Å². The molecule has 4 atom stereocenters. The van der Waals surface area contributed by atoms with Crippen molar-refractivity contribution in [1.82, 2.24) is 20.9 Å². The normalized spacial score (nSPS) is 13.6. The fraction of sp³-hybridized carbons (Fsp3) is 0.387. The van der Waals surface area contributed by atoms with Gasteiger partial charge in [-0.25, -0.2) is 4.79 Å². The molecular weight excluding hydrogens is 596 g/mol. The summed E-state index contributed by atoms with van der Waals surface area (Å²) in [5, 5.41) is 18.6. The lowest BCUT2D eigenvalue weighted by atomic mass is 10.0. The van der Waals surface area contributed by atoms with E-state index in [0.717, 1.165) is 22.0 Å². The van der Waals surface area contributed by atoms with E-state index in [0.29, 0.717) is 12.2 Å². The molecule has 1 aromatic heterocycles. The zero-order chi connectivity index (χ0) is 32.8. The molecule has 0 aliphatic carbocycles. The molecule has 0 radical (unpaired) electrons. The van der Waals surface area contributed by atoms with E-state index in [2.05, 4.69) is 25.9 Å². The Morgan fingerprint density at radius 3 is 2.20 bits per heavy atom. The van der Waals surface area contributed by atoms with Crippen molar-refractivity contribution in [3.63, 3.8) is 0 Å². The number of aromatic nitrogens is 1. The molecule has 3 rings (SSSR count). The predicted octanol–water partition coefficient (Wildman–Crippen LogP) is 0.626. The quantitative estimate of drug-likeness (QED) is 0.0554. The summed E-state index contributed by atoms with van der Waals surface area (Å²) in [6, 6.07) is 12.5. The average Bonchev–Trinajstić information content (AvgIpc) is 3.42. The molecule has 0 saturated heterocycles. The number of amides is 3. The van der Waals surface area contributed by atoms with E-state index in [1.54, 1.807) is 6.20 Å². The van der Waals surface area contributed by atoms with Gasteiger partial charge < -0.3 is 43.2 Å². The number of carbonyl (C=O) groups is 4. The topological polar surface area (TPSA) is 231 Å². The van der Waals surface area contributed by atoms with Gasteiger partial charge in [0, 0.05) is 30.1 Å². The third-order valence-electron chi connectivity index (χ3n) is 7.17. The molecule has 1 heterocycles. The molecule has 0 saturated carbocycles. The summed E-state index contributed by atoms with van der Waals surface area (Å²) in [5.41, 5.74) is 19.5. The van der Waals surface area contributed by atoms with Crippen LogP contribution in [0.1, 0.15) is 30.4 Å². The highest BCUT2D eigenvalue weighted by molar-refractivity contribution is 7.98. The molecule has 0 fully saturated rings. The molecule has 3 amide bonds. The van der Waals surface area contributed by atoms with Gasteiger partial charge in [-0.3, -0.25) is 19.4 Å². The highest BCUT2D eigenvalue weighted by Gasteiger charge is 2.31. The van der Waals surface area contributed by atoms with Gasteiger partial charge in [-0.15, -0.1) is 0 Å². The smallest absolute Gasteiger partial charge is 0.326 e. The van der Waals surface area contributed by atoms with Crippen molar-refractivity contribution in [3.8, 4) is 0 Å². The van der Waals surface area contributed by atoms with E-state index in [9.17, 15) is 24.3 Å². The number of thioether (sulfide) groups is 1. The van der Waals surface area contributed by atoms with Gasteiger partial charge in [0.1, 0.15) is 18.1 Å². The van der Waals surface area contributed by atoms with Crippen LogP contribution in [0.3, 0.4) is 0 Å². The minimum Gasteiger partial charge on any atom is -0.480 e. The standard InChI is InChI=1S/C31H42N8O5S/c1-45-15-13-25(30(43)44)38-29(42)26(17-20-18-36-23-11-6-5-10-21(20)23)39-28(41)24(12-7-14-35-31(33)34)37-27(40)22(32)16-19-8-3-2-4-9-19/h2-6,8-11,18,22,24-26,36H,7,12-17,32H2,1H3,(H,37,40)(H,38,42)(H,39,41)(H,43,44)(H4,33,34,35). The van der Waals surface area contributed by atoms with Gasteiger partial charge in [0.05, 0.1) is 6.04 Å². The second kappa shape index (κ2) is 17.7. The number of rotatable bonds is 18. The number of aliphatic imine (C=N–C) groups is 1. The first kappa shape index (κ1) is 34.9. The largest absolute Gasteiger partial charge is 0.480 e. The fourth-order valence-corrected chi connectivity index (χ4v) is 5.25. The minimum absolute atomic E-state index is 0.0681. The summed E-state index contributed by atoms with van der Waals surface area (Å²) in [6.07, 6.45) is 4.62. The number of nitrogens with one attached hydrogen (secondary N) is 4. The number of guanidine groups is 1. The van der Waals surface area contributed by atoms with Gasteiger partial charge >= 0.3 is 5.97 Å². The lowest BCUT2D eigenvalue weighted by Crippen LogP contribution is -2.57.